The topological polar surface area (TPSA) is 79.5 Å². The molecule has 116 valence electrons. The summed E-state index contributed by atoms with van der Waals surface area (Å²) in [4.78, 5) is 23.0. The molecule has 1 aromatic carbocycles. The molecule has 0 aliphatic heterocycles. The van der Waals surface area contributed by atoms with Crippen LogP contribution in [0.5, 0.6) is 0 Å². The molecule has 0 unspecified atom stereocenters. The number of anilines is 1. The molecule has 1 rings (SSSR count). The minimum atomic E-state index is -0.169. The number of halogens is 1. The largest absolute Gasteiger partial charge is 0.383 e. The third-order valence-corrected chi connectivity index (χ3v) is 2.82. The van der Waals surface area contributed by atoms with Crippen LogP contribution in [0.15, 0.2) is 24.3 Å². The molecule has 0 aromatic heterocycles. The predicted octanol–water partition coefficient (Wildman–Crippen LogP) is 1.02. The van der Waals surface area contributed by atoms with Crippen molar-refractivity contribution in [1.29, 1.82) is 0 Å². The van der Waals surface area contributed by atoms with E-state index < -0.39 is 0 Å². The predicted molar refractivity (Wildman–Crippen MR) is 82.5 cm³/mol. The first-order chi connectivity index (χ1) is 10.1. The second-order valence-corrected chi connectivity index (χ2v) is 4.76. The molecule has 0 bridgehead atoms. The quantitative estimate of drug-likeness (QED) is 0.595. The Bertz CT molecular complexity index is 451. The molecule has 7 heteroatoms. The first kappa shape index (κ1) is 17.4. The number of hydrogen-bond donors (Lipinski definition) is 3. The van der Waals surface area contributed by atoms with Crippen LogP contribution in [0.2, 0.25) is 5.02 Å². The summed E-state index contributed by atoms with van der Waals surface area (Å²) in [5.41, 5.74) is 0.684. The summed E-state index contributed by atoms with van der Waals surface area (Å²) >= 11 is 5.75. The fourth-order valence-electron chi connectivity index (χ4n) is 1.52. The molecule has 2 amide bonds. The number of nitrogens with one attached hydrogen (secondary N) is 3. The van der Waals surface area contributed by atoms with Crippen LogP contribution >= 0.6 is 11.6 Å². The molecular weight excluding hydrogens is 294 g/mol. The average molecular weight is 314 g/mol. The number of carbonyl (C=O) groups is 2. The Hall–Kier alpha value is -1.63. The van der Waals surface area contributed by atoms with Gasteiger partial charge in [0.25, 0.3) is 0 Å². The van der Waals surface area contributed by atoms with E-state index in [0.717, 1.165) is 0 Å². The van der Waals surface area contributed by atoms with Crippen molar-refractivity contribution in [1.82, 2.24) is 10.6 Å². The molecule has 6 nitrogen and oxygen atoms in total. The highest BCUT2D eigenvalue weighted by molar-refractivity contribution is 6.30. The summed E-state index contributed by atoms with van der Waals surface area (Å²) in [5.74, 6) is -0.241. The van der Waals surface area contributed by atoms with Crippen LogP contribution in [0, 0.1) is 0 Å². The lowest BCUT2D eigenvalue weighted by Gasteiger charge is -2.07. The summed E-state index contributed by atoms with van der Waals surface area (Å²) < 4.78 is 4.82. The van der Waals surface area contributed by atoms with Gasteiger partial charge in [-0.05, 0) is 24.3 Å². The third-order valence-electron chi connectivity index (χ3n) is 2.57. The van der Waals surface area contributed by atoms with E-state index in [1.807, 2.05) is 0 Å². The Kier molecular flexibility index (Phi) is 8.42. The van der Waals surface area contributed by atoms with Crippen molar-refractivity contribution in [3.63, 3.8) is 0 Å². The van der Waals surface area contributed by atoms with Crippen LogP contribution in [0.4, 0.5) is 5.69 Å². The smallest absolute Gasteiger partial charge is 0.238 e. The Morgan fingerprint density at radius 1 is 1.14 bits per heavy atom. The molecule has 0 fully saturated rings. The van der Waals surface area contributed by atoms with Crippen molar-refractivity contribution in [3.05, 3.63) is 29.3 Å². The highest BCUT2D eigenvalue weighted by Crippen LogP contribution is 2.12. The number of benzene rings is 1. The SMILES string of the molecule is COCCNC(=O)CCNCC(=O)Nc1ccc(Cl)cc1. The first-order valence-corrected chi connectivity index (χ1v) is 7.01. The van der Waals surface area contributed by atoms with Gasteiger partial charge in [0, 0.05) is 37.3 Å². The molecule has 0 saturated carbocycles. The summed E-state index contributed by atoms with van der Waals surface area (Å²) in [5, 5.41) is 8.95. The van der Waals surface area contributed by atoms with E-state index in [-0.39, 0.29) is 18.4 Å². The summed E-state index contributed by atoms with van der Waals surface area (Å²) in [7, 11) is 1.58. The zero-order chi connectivity index (χ0) is 15.5. The zero-order valence-corrected chi connectivity index (χ0v) is 12.7. The lowest BCUT2D eigenvalue weighted by atomic mass is 10.3. The van der Waals surface area contributed by atoms with Gasteiger partial charge in [-0.1, -0.05) is 11.6 Å². The van der Waals surface area contributed by atoms with Crippen LogP contribution in [0.1, 0.15) is 6.42 Å². The zero-order valence-electron chi connectivity index (χ0n) is 11.9. The van der Waals surface area contributed by atoms with Gasteiger partial charge in [-0.2, -0.15) is 0 Å². The van der Waals surface area contributed by atoms with E-state index in [4.69, 9.17) is 16.3 Å². The van der Waals surface area contributed by atoms with E-state index in [9.17, 15) is 9.59 Å². The molecule has 0 aliphatic carbocycles. The molecule has 0 saturated heterocycles. The van der Waals surface area contributed by atoms with E-state index >= 15 is 0 Å². The van der Waals surface area contributed by atoms with Gasteiger partial charge in [-0.25, -0.2) is 0 Å². The average Bonchev–Trinajstić information content (AvgIpc) is 2.46. The molecule has 0 aliphatic rings. The Labute approximate surface area is 129 Å². The Morgan fingerprint density at radius 2 is 1.86 bits per heavy atom. The van der Waals surface area contributed by atoms with Gasteiger partial charge in [0.15, 0.2) is 0 Å². The van der Waals surface area contributed by atoms with Crippen LogP contribution in [0.3, 0.4) is 0 Å². The Balaban J connectivity index is 2.10. The molecule has 1 aromatic rings. The van der Waals surface area contributed by atoms with Crippen LogP contribution in [-0.4, -0.2) is 45.2 Å². The van der Waals surface area contributed by atoms with Gasteiger partial charge in [0.2, 0.25) is 11.8 Å². The van der Waals surface area contributed by atoms with Crippen LogP contribution < -0.4 is 16.0 Å². The van der Waals surface area contributed by atoms with Crippen LogP contribution in [0.25, 0.3) is 0 Å². The first-order valence-electron chi connectivity index (χ1n) is 6.63. The third kappa shape index (κ3) is 8.29. The van der Waals surface area contributed by atoms with Crippen molar-refractivity contribution >= 4 is 29.1 Å². The van der Waals surface area contributed by atoms with Crippen molar-refractivity contribution in [2.24, 2.45) is 0 Å². The normalized spacial score (nSPS) is 10.2. The Morgan fingerprint density at radius 3 is 2.52 bits per heavy atom. The fourth-order valence-corrected chi connectivity index (χ4v) is 1.65. The maximum absolute atomic E-state index is 11.6. The highest BCUT2D eigenvalue weighted by atomic mass is 35.5. The fraction of sp³-hybridized carbons (Fsp3) is 0.429. The van der Waals surface area contributed by atoms with Gasteiger partial charge >= 0.3 is 0 Å². The molecule has 21 heavy (non-hydrogen) atoms. The van der Waals surface area contributed by atoms with E-state index in [1.165, 1.54) is 0 Å². The van der Waals surface area contributed by atoms with Gasteiger partial charge < -0.3 is 20.7 Å². The number of hydrogen-bond acceptors (Lipinski definition) is 4. The number of methoxy groups -OCH3 is 1. The minimum absolute atomic E-state index is 0.0716. The van der Waals surface area contributed by atoms with E-state index in [0.29, 0.717) is 36.8 Å². The summed E-state index contributed by atoms with van der Waals surface area (Å²) in [6, 6.07) is 6.86. The summed E-state index contributed by atoms with van der Waals surface area (Å²) in [6.07, 6.45) is 0.317. The number of rotatable bonds is 9. The van der Waals surface area contributed by atoms with Crippen molar-refractivity contribution in [3.8, 4) is 0 Å². The van der Waals surface area contributed by atoms with E-state index in [2.05, 4.69) is 16.0 Å². The lowest BCUT2D eigenvalue weighted by Crippen LogP contribution is -2.33. The molecule has 0 atom stereocenters. The second kappa shape index (κ2) is 10.1. The maximum Gasteiger partial charge on any atom is 0.238 e. The van der Waals surface area contributed by atoms with Crippen molar-refractivity contribution in [2.75, 3.05) is 38.7 Å². The number of carbonyl (C=O) groups excluding carboxylic acids is 2. The maximum atomic E-state index is 11.6. The number of amides is 2. The number of ether oxygens (including phenoxy) is 1. The summed E-state index contributed by atoms with van der Waals surface area (Å²) in [6.45, 7) is 1.57. The van der Waals surface area contributed by atoms with Crippen molar-refractivity contribution < 1.29 is 14.3 Å². The van der Waals surface area contributed by atoms with Crippen LogP contribution in [-0.2, 0) is 14.3 Å². The van der Waals surface area contributed by atoms with Gasteiger partial charge in [0.05, 0.1) is 13.2 Å². The standard InChI is InChI=1S/C14H20ClN3O3/c1-21-9-8-17-13(19)6-7-16-10-14(20)18-12-4-2-11(15)3-5-12/h2-5,16H,6-10H2,1H3,(H,17,19)(H,18,20). The monoisotopic (exact) mass is 313 g/mol. The van der Waals surface area contributed by atoms with Gasteiger partial charge in [0.1, 0.15) is 0 Å². The van der Waals surface area contributed by atoms with E-state index in [1.54, 1.807) is 31.4 Å². The second-order valence-electron chi connectivity index (χ2n) is 4.32. The van der Waals surface area contributed by atoms with Crippen molar-refractivity contribution in [2.45, 2.75) is 6.42 Å². The lowest BCUT2D eigenvalue weighted by molar-refractivity contribution is -0.121. The van der Waals surface area contributed by atoms with Gasteiger partial charge in [-0.3, -0.25) is 9.59 Å². The molecule has 0 radical (unpaired) electrons. The molecule has 0 spiro atoms. The highest BCUT2D eigenvalue weighted by Gasteiger charge is 2.03. The minimum Gasteiger partial charge on any atom is -0.383 e. The molecule has 0 heterocycles. The van der Waals surface area contributed by atoms with Gasteiger partial charge in [-0.15, -0.1) is 0 Å². The molecular formula is C14H20ClN3O3. The molecule has 3 N–H and O–H groups in total.